The number of carbonyl (C=O) groups excluding carboxylic acids is 4. The van der Waals surface area contributed by atoms with Crippen molar-refractivity contribution in [3.05, 3.63) is 0 Å². The first kappa shape index (κ1) is 18.5. The van der Waals surface area contributed by atoms with Crippen LogP contribution in [0.25, 0.3) is 0 Å². The standard InChI is InChI=1S/C17H24N4O6/c1-17(2)26-11-3-9(20-5-13(22)18-14(23)6-20)10(4-12(11)27-17)21-7-15(24)19-16(25)8-21/h9-12H,3-8H2,1-2H3,(H,18,22,23)(H,19,24,25)/t9-,10-,11+,12+/m0/s1. The summed E-state index contributed by atoms with van der Waals surface area (Å²) < 4.78 is 12.0. The number of piperazine rings is 2. The van der Waals surface area contributed by atoms with E-state index in [0.29, 0.717) is 12.8 Å². The lowest BCUT2D eigenvalue weighted by atomic mass is 9.83. The summed E-state index contributed by atoms with van der Waals surface area (Å²) in [5.41, 5.74) is 0. The van der Waals surface area contributed by atoms with Gasteiger partial charge in [0.1, 0.15) is 0 Å². The first-order valence-corrected chi connectivity index (χ1v) is 9.19. The number of amides is 4. The highest BCUT2D eigenvalue weighted by Gasteiger charge is 2.51. The van der Waals surface area contributed by atoms with Gasteiger partial charge in [0.05, 0.1) is 38.4 Å². The Hall–Kier alpha value is -1.88. The Morgan fingerprint density at radius 1 is 0.741 bits per heavy atom. The van der Waals surface area contributed by atoms with Crippen LogP contribution in [0.1, 0.15) is 26.7 Å². The van der Waals surface area contributed by atoms with E-state index in [1.807, 2.05) is 23.6 Å². The van der Waals surface area contributed by atoms with Crippen molar-refractivity contribution in [1.82, 2.24) is 20.4 Å². The van der Waals surface area contributed by atoms with Gasteiger partial charge in [0, 0.05) is 12.1 Å². The van der Waals surface area contributed by atoms with Crippen molar-refractivity contribution in [3.63, 3.8) is 0 Å². The smallest absolute Gasteiger partial charge is 0.240 e. The molecule has 3 heterocycles. The molecule has 0 unspecified atom stereocenters. The second kappa shape index (κ2) is 6.62. The number of hydrogen-bond donors (Lipinski definition) is 2. The molecule has 0 aromatic heterocycles. The van der Waals surface area contributed by atoms with Gasteiger partial charge in [-0.15, -0.1) is 0 Å². The van der Waals surface area contributed by atoms with Gasteiger partial charge in [-0.2, -0.15) is 0 Å². The molecule has 10 heteroatoms. The predicted octanol–water partition coefficient (Wildman–Crippen LogP) is -2.05. The average molecular weight is 380 g/mol. The van der Waals surface area contributed by atoms with Crippen LogP contribution in [0.5, 0.6) is 0 Å². The molecule has 27 heavy (non-hydrogen) atoms. The quantitative estimate of drug-likeness (QED) is 0.526. The van der Waals surface area contributed by atoms with Gasteiger partial charge >= 0.3 is 0 Å². The van der Waals surface area contributed by atoms with Crippen LogP contribution in [0.15, 0.2) is 0 Å². The number of ether oxygens (including phenoxy) is 2. The lowest BCUT2D eigenvalue weighted by molar-refractivity contribution is -0.146. The van der Waals surface area contributed by atoms with Crippen LogP contribution in [0.3, 0.4) is 0 Å². The number of carbonyl (C=O) groups is 4. The lowest BCUT2D eigenvalue weighted by Crippen LogP contribution is -2.66. The molecule has 2 N–H and O–H groups in total. The summed E-state index contributed by atoms with van der Waals surface area (Å²) in [5, 5.41) is 4.62. The van der Waals surface area contributed by atoms with Crippen LogP contribution in [0, 0.1) is 0 Å². The molecule has 4 amide bonds. The molecular weight excluding hydrogens is 356 g/mol. The topological polar surface area (TPSA) is 117 Å². The summed E-state index contributed by atoms with van der Waals surface area (Å²) in [6.45, 7) is 4.10. The van der Waals surface area contributed by atoms with E-state index in [2.05, 4.69) is 10.6 Å². The molecule has 10 nitrogen and oxygen atoms in total. The van der Waals surface area contributed by atoms with Crippen LogP contribution in [-0.4, -0.2) is 89.7 Å². The first-order chi connectivity index (χ1) is 12.7. The van der Waals surface area contributed by atoms with Crippen LogP contribution >= 0.6 is 0 Å². The van der Waals surface area contributed by atoms with Gasteiger partial charge < -0.3 is 9.47 Å². The summed E-state index contributed by atoms with van der Waals surface area (Å²) in [5.74, 6) is -2.09. The monoisotopic (exact) mass is 380 g/mol. The maximum absolute atomic E-state index is 11.9. The van der Waals surface area contributed by atoms with Crippen LogP contribution in [-0.2, 0) is 28.7 Å². The van der Waals surface area contributed by atoms with Crippen molar-refractivity contribution in [1.29, 1.82) is 0 Å². The summed E-state index contributed by atoms with van der Waals surface area (Å²) in [6.07, 6.45) is 0.809. The SMILES string of the molecule is CC1(C)O[C@@H]2C[C@H](N3CC(=O)NC(=O)C3)[C@@H](N3CC(=O)NC(=O)C3)C[C@H]2O1. The third-order valence-electron chi connectivity index (χ3n) is 5.56. The highest BCUT2D eigenvalue weighted by atomic mass is 16.7. The Morgan fingerprint density at radius 3 is 1.41 bits per heavy atom. The van der Waals surface area contributed by atoms with Crippen molar-refractivity contribution >= 4 is 23.6 Å². The zero-order valence-electron chi connectivity index (χ0n) is 15.4. The fourth-order valence-corrected chi connectivity index (χ4v) is 4.67. The van der Waals surface area contributed by atoms with E-state index < -0.39 is 5.79 Å². The van der Waals surface area contributed by atoms with Crippen LogP contribution in [0.2, 0.25) is 0 Å². The number of hydrogen-bond acceptors (Lipinski definition) is 8. The molecule has 0 bridgehead atoms. The van der Waals surface area contributed by atoms with Gasteiger partial charge in [0.2, 0.25) is 23.6 Å². The zero-order chi connectivity index (χ0) is 19.3. The molecule has 0 radical (unpaired) electrons. The third kappa shape index (κ3) is 3.75. The molecule has 1 saturated carbocycles. The van der Waals surface area contributed by atoms with E-state index in [0.717, 1.165) is 0 Å². The summed E-state index contributed by atoms with van der Waals surface area (Å²) >= 11 is 0. The normalized spacial score (nSPS) is 37.7. The first-order valence-electron chi connectivity index (χ1n) is 9.19. The number of imide groups is 2. The van der Waals surface area contributed by atoms with Gasteiger partial charge in [-0.3, -0.25) is 39.6 Å². The average Bonchev–Trinajstić information content (AvgIpc) is 2.84. The Labute approximate surface area is 156 Å². The minimum atomic E-state index is -0.709. The summed E-state index contributed by atoms with van der Waals surface area (Å²) in [4.78, 5) is 51.2. The molecule has 0 aromatic rings. The van der Waals surface area contributed by atoms with Crippen LogP contribution in [0.4, 0.5) is 0 Å². The molecule has 4 rings (SSSR count). The third-order valence-corrected chi connectivity index (χ3v) is 5.56. The van der Waals surface area contributed by atoms with E-state index in [9.17, 15) is 19.2 Å². The molecule has 3 aliphatic heterocycles. The van der Waals surface area contributed by atoms with Crippen molar-refractivity contribution in [2.45, 2.75) is 56.8 Å². The molecule has 4 aliphatic rings. The van der Waals surface area contributed by atoms with Gasteiger partial charge in [0.25, 0.3) is 0 Å². The molecule has 1 aliphatic carbocycles. The highest BCUT2D eigenvalue weighted by molar-refractivity contribution is 6.00. The molecular formula is C17H24N4O6. The van der Waals surface area contributed by atoms with Gasteiger partial charge in [-0.25, -0.2) is 0 Å². The van der Waals surface area contributed by atoms with E-state index in [1.54, 1.807) is 0 Å². The van der Waals surface area contributed by atoms with E-state index in [1.165, 1.54) is 0 Å². The fourth-order valence-electron chi connectivity index (χ4n) is 4.67. The van der Waals surface area contributed by atoms with Gasteiger partial charge in [0.15, 0.2) is 5.79 Å². The molecule has 0 aromatic carbocycles. The Bertz CT molecular complexity index is 607. The predicted molar refractivity (Wildman–Crippen MR) is 90.1 cm³/mol. The zero-order valence-corrected chi connectivity index (χ0v) is 15.4. The highest BCUT2D eigenvalue weighted by Crippen LogP contribution is 2.40. The minimum absolute atomic E-state index is 0.0997. The second-order valence-electron chi connectivity index (χ2n) is 8.07. The number of nitrogens with zero attached hydrogens (tertiary/aromatic N) is 2. The molecule has 148 valence electrons. The fraction of sp³-hybridized carbons (Fsp3) is 0.765. The van der Waals surface area contributed by atoms with E-state index in [4.69, 9.17) is 9.47 Å². The second-order valence-corrected chi connectivity index (χ2v) is 8.07. The van der Waals surface area contributed by atoms with Crippen molar-refractivity contribution in [2.75, 3.05) is 26.2 Å². The lowest BCUT2D eigenvalue weighted by Gasteiger charge is -2.48. The number of fused-ring (bicyclic) bond motifs is 1. The molecule has 4 atom stereocenters. The minimum Gasteiger partial charge on any atom is -0.345 e. The Balaban J connectivity index is 1.60. The summed E-state index contributed by atoms with van der Waals surface area (Å²) in [6, 6.07) is -0.394. The molecule has 3 saturated heterocycles. The molecule has 0 spiro atoms. The largest absolute Gasteiger partial charge is 0.345 e. The Kier molecular flexibility index (Phi) is 4.53. The van der Waals surface area contributed by atoms with E-state index in [-0.39, 0.29) is 74.1 Å². The molecule has 4 fully saturated rings. The van der Waals surface area contributed by atoms with Crippen molar-refractivity contribution in [3.8, 4) is 0 Å². The maximum atomic E-state index is 11.9. The van der Waals surface area contributed by atoms with Gasteiger partial charge in [-0.1, -0.05) is 0 Å². The maximum Gasteiger partial charge on any atom is 0.240 e. The van der Waals surface area contributed by atoms with E-state index >= 15 is 0 Å². The van der Waals surface area contributed by atoms with Crippen LogP contribution < -0.4 is 10.6 Å². The number of nitrogens with one attached hydrogen (secondary N) is 2. The number of rotatable bonds is 2. The Morgan fingerprint density at radius 2 is 1.07 bits per heavy atom. The van der Waals surface area contributed by atoms with Gasteiger partial charge in [-0.05, 0) is 26.7 Å². The summed E-state index contributed by atoms with van der Waals surface area (Å²) in [7, 11) is 0. The van der Waals surface area contributed by atoms with Crippen molar-refractivity contribution < 1.29 is 28.7 Å². The van der Waals surface area contributed by atoms with Crippen molar-refractivity contribution in [2.24, 2.45) is 0 Å².